The van der Waals surface area contributed by atoms with E-state index in [1.54, 1.807) is 22.0 Å². The molecule has 0 spiro atoms. The lowest BCUT2D eigenvalue weighted by molar-refractivity contribution is 0.0781. The predicted octanol–water partition coefficient (Wildman–Crippen LogP) is -0.161. The van der Waals surface area contributed by atoms with Crippen LogP contribution >= 0.6 is 0 Å². The van der Waals surface area contributed by atoms with E-state index < -0.39 is 0 Å². The highest BCUT2D eigenvalue weighted by molar-refractivity contribution is 5.92. The maximum absolute atomic E-state index is 11.9. The first-order valence-corrected chi connectivity index (χ1v) is 5.10. The fourth-order valence-electron chi connectivity index (χ4n) is 1.84. The van der Waals surface area contributed by atoms with E-state index in [9.17, 15) is 4.79 Å². The SMILES string of the molecule is CC1CN(C(=O)c2cn(C)cn2)CC1N. The lowest BCUT2D eigenvalue weighted by Gasteiger charge is -2.13. The Morgan fingerprint density at radius 2 is 2.33 bits per heavy atom. The Morgan fingerprint density at radius 3 is 2.80 bits per heavy atom. The zero-order valence-electron chi connectivity index (χ0n) is 9.05. The molecule has 1 saturated heterocycles. The normalized spacial score (nSPS) is 25.9. The molecule has 1 amide bonds. The fourth-order valence-corrected chi connectivity index (χ4v) is 1.84. The summed E-state index contributed by atoms with van der Waals surface area (Å²) >= 11 is 0. The van der Waals surface area contributed by atoms with Crippen LogP contribution in [-0.2, 0) is 7.05 Å². The standard InChI is InChI=1S/C10H16N4O/c1-7-3-14(4-8(7)11)10(15)9-5-13(2)6-12-9/h5-8H,3-4,11H2,1-2H3. The summed E-state index contributed by atoms with van der Waals surface area (Å²) < 4.78 is 1.77. The van der Waals surface area contributed by atoms with Gasteiger partial charge in [-0.25, -0.2) is 4.98 Å². The monoisotopic (exact) mass is 208 g/mol. The number of likely N-dealkylation sites (tertiary alicyclic amines) is 1. The summed E-state index contributed by atoms with van der Waals surface area (Å²) in [5, 5.41) is 0. The minimum atomic E-state index is -0.0181. The Balaban J connectivity index is 2.10. The number of aromatic nitrogens is 2. The van der Waals surface area contributed by atoms with Crippen LogP contribution in [0.1, 0.15) is 17.4 Å². The van der Waals surface area contributed by atoms with Crippen LogP contribution in [0.4, 0.5) is 0 Å². The number of nitrogens with two attached hydrogens (primary N) is 1. The molecular weight excluding hydrogens is 192 g/mol. The third kappa shape index (κ3) is 1.87. The van der Waals surface area contributed by atoms with Gasteiger partial charge in [-0.2, -0.15) is 0 Å². The fraction of sp³-hybridized carbons (Fsp3) is 0.600. The predicted molar refractivity (Wildman–Crippen MR) is 56.3 cm³/mol. The minimum absolute atomic E-state index is 0.0181. The van der Waals surface area contributed by atoms with Crippen molar-refractivity contribution in [3.8, 4) is 0 Å². The smallest absolute Gasteiger partial charge is 0.274 e. The Kier molecular flexibility index (Phi) is 2.48. The highest BCUT2D eigenvalue weighted by atomic mass is 16.2. The number of imidazole rings is 1. The molecule has 0 bridgehead atoms. The zero-order chi connectivity index (χ0) is 11.0. The molecule has 2 atom stereocenters. The van der Waals surface area contributed by atoms with Crippen molar-refractivity contribution in [2.75, 3.05) is 13.1 Å². The highest BCUT2D eigenvalue weighted by Gasteiger charge is 2.30. The van der Waals surface area contributed by atoms with Gasteiger partial charge in [0.2, 0.25) is 0 Å². The van der Waals surface area contributed by atoms with Gasteiger partial charge < -0.3 is 15.2 Å². The molecule has 2 heterocycles. The maximum atomic E-state index is 11.9. The number of rotatable bonds is 1. The van der Waals surface area contributed by atoms with Crippen molar-refractivity contribution in [1.29, 1.82) is 0 Å². The summed E-state index contributed by atoms with van der Waals surface area (Å²) in [6.07, 6.45) is 3.36. The summed E-state index contributed by atoms with van der Waals surface area (Å²) in [6, 6.07) is 0.0951. The average Bonchev–Trinajstić information content (AvgIpc) is 2.74. The van der Waals surface area contributed by atoms with Crippen LogP contribution in [0.25, 0.3) is 0 Å². The summed E-state index contributed by atoms with van der Waals surface area (Å²) in [5.74, 6) is 0.355. The van der Waals surface area contributed by atoms with Gasteiger partial charge in [0.15, 0.2) is 0 Å². The van der Waals surface area contributed by atoms with Gasteiger partial charge in [-0.15, -0.1) is 0 Å². The minimum Gasteiger partial charge on any atom is -0.340 e. The zero-order valence-corrected chi connectivity index (χ0v) is 9.05. The van der Waals surface area contributed by atoms with Gasteiger partial charge >= 0.3 is 0 Å². The second-order valence-electron chi connectivity index (χ2n) is 4.28. The molecule has 2 rings (SSSR count). The molecule has 1 aromatic rings. The molecular formula is C10H16N4O. The summed E-state index contributed by atoms with van der Waals surface area (Å²) in [4.78, 5) is 17.8. The molecule has 0 aromatic carbocycles. The van der Waals surface area contributed by atoms with Crippen molar-refractivity contribution in [1.82, 2.24) is 14.5 Å². The second-order valence-corrected chi connectivity index (χ2v) is 4.28. The van der Waals surface area contributed by atoms with Crippen molar-refractivity contribution in [2.45, 2.75) is 13.0 Å². The molecule has 0 saturated carbocycles. The van der Waals surface area contributed by atoms with E-state index in [-0.39, 0.29) is 11.9 Å². The topological polar surface area (TPSA) is 64.2 Å². The van der Waals surface area contributed by atoms with Gasteiger partial charge in [0.05, 0.1) is 6.33 Å². The quantitative estimate of drug-likeness (QED) is 0.697. The summed E-state index contributed by atoms with van der Waals surface area (Å²) in [5.41, 5.74) is 6.37. The molecule has 1 aliphatic rings. The maximum Gasteiger partial charge on any atom is 0.274 e. The molecule has 82 valence electrons. The van der Waals surface area contributed by atoms with Crippen LogP contribution in [0, 0.1) is 5.92 Å². The van der Waals surface area contributed by atoms with Crippen LogP contribution in [0.2, 0.25) is 0 Å². The molecule has 1 fully saturated rings. The Bertz CT molecular complexity index is 363. The molecule has 15 heavy (non-hydrogen) atoms. The van der Waals surface area contributed by atoms with E-state index in [1.807, 2.05) is 7.05 Å². The van der Waals surface area contributed by atoms with Gasteiger partial charge in [0.25, 0.3) is 5.91 Å². The molecule has 1 aromatic heterocycles. The Labute approximate surface area is 88.9 Å². The van der Waals surface area contributed by atoms with E-state index >= 15 is 0 Å². The molecule has 1 aliphatic heterocycles. The largest absolute Gasteiger partial charge is 0.340 e. The molecule has 0 aliphatic carbocycles. The van der Waals surface area contributed by atoms with Crippen LogP contribution < -0.4 is 5.73 Å². The molecule has 2 unspecified atom stereocenters. The number of aryl methyl sites for hydroxylation is 1. The van der Waals surface area contributed by atoms with Crippen molar-refractivity contribution in [3.05, 3.63) is 18.2 Å². The first kappa shape index (κ1) is 10.2. The highest BCUT2D eigenvalue weighted by Crippen LogP contribution is 2.16. The Hall–Kier alpha value is -1.36. The summed E-state index contributed by atoms with van der Waals surface area (Å²) in [7, 11) is 1.85. The lowest BCUT2D eigenvalue weighted by Crippen LogP contribution is -2.32. The van der Waals surface area contributed by atoms with Crippen LogP contribution in [-0.4, -0.2) is 39.5 Å². The number of nitrogens with zero attached hydrogens (tertiary/aromatic N) is 3. The number of carbonyl (C=O) groups is 1. The van der Waals surface area contributed by atoms with E-state index in [1.165, 1.54) is 0 Å². The van der Waals surface area contributed by atoms with E-state index in [0.717, 1.165) is 6.54 Å². The average molecular weight is 208 g/mol. The third-order valence-electron chi connectivity index (χ3n) is 2.88. The van der Waals surface area contributed by atoms with Gasteiger partial charge in [-0.1, -0.05) is 6.92 Å². The van der Waals surface area contributed by atoms with E-state index in [4.69, 9.17) is 5.73 Å². The number of amides is 1. The van der Waals surface area contributed by atoms with Gasteiger partial charge in [-0.3, -0.25) is 4.79 Å². The number of carbonyl (C=O) groups excluding carboxylic acids is 1. The molecule has 5 heteroatoms. The molecule has 5 nitrogen and oxygen atoms in total. The van der Waals surface area contributed by atoms with Gasteiger partial charge in [0.1, 0.15) is 5.69 Å². The first-order valence-electron chi connectivity index (χ1n) is 5.10. The second kappa shape index (κ2) is 3.66. The van der Waals surface area contributed by atoms with Crippen molar-refractivity contribution < 1.29 is 4.79 Å². The van der Waals surface area contributed by atoms with Gasteiger partial charge in [-0.05, 0) is 5.92 Å². The van der Waals surface area contributed by atoms with Crippen LogP contribution in [0.15, 0.2) is 12.5 Å². The molecule has 0 radical (unpaired) electrons. The van der Waals surface area contributed by atoms with E-state index in [0.29, 0.717) is 18.2 Å². The summed E-state index contributed by atoms with van der Waals surface area (Å²) in [6.45, 7) is 3.43. The number of hydrogen-bond donors (Lipinski definition) is 1. The van der Waals surface area contributed by atoms with Gasteiger partial charge in [0, 0.05) is 32.4 Å². The van der Waals surface area contributed by atoms with Crippen molar-refractivity contribution >= 4 is 5.91 Å². The van der Waals surface area contributed by atoms with Crippen LogP contribution in [0.3, 0.4) is 0 Å². The first-order chi connectivity index (χ1) is 7.08. The Morgan fingerprint density at radius 1 is 1.60 bits per heavy atom. The van der Waals surface area contributed by atoms with Crippen LogP contribution in [0.5, 0.6) is 0 Å². The molecule has 2 N–H and O–H groups in total. The lowest BCUT2D eigenvalue weighted by atomic mass is 10.1. The van der Waals surface area contributed by atoms with Crippen molar-refractivity contribution in [2.24, 2.45) is 18.7 Å². The number of hydrogen-bond acceptors (Lipinski definition) is 3. The van der Waals surface area contributed by atoms with Crippen molar-refractivity contribution in [3.63, 3.8) is 0 Å². The third-order valence-corrected chi connectivity index (χ3v) is 2.88. The van der Waals surface area contributed by atoms with E-state index in [2.05, 4.69) is 11.9 Å².